The van der Waals surface area contributed by atoms with Gasteiger partial charge in [-0.25, -0.2) is 4.39 Å². The summed E-state index contributed by atoms with van der Waals surface area (Å²) in [6.45, 7) is 6.20. The van der Waals surface area contributed by atoms with E-state index in [1.165, 1.54) is 18.9 Å². The second kappa shape index (κ2) is 5.63. The molecule has 2 fully saturated rings. The normalized spacial score (nSPS) is 28.4. The van der Waals surface area contributed by atoms with E-state index in [9.17, 15) is 4.39 Å². The van der Waals surface area contributed by atoms with Crippen molar-refractivity contribution < 1.29 is 4.39 Å². The van der Waals surface area contributed by atoms with Gasteiger partial charge in [-0.1, -0.05) is 23.7 Å². The highest BCUT2D eigenvalue weighted by molar-refractivity contribution is 6.31. The van der Waals surface area contributed by atoms with Crippen molar-refractivity contribution in [1.29, 1.82) is 0 Å². The standard InChI is InChI=1S/C16H22ClFN2/c1-16(13-6-7-13)11-20(9-3-8-19-16)10-12-4-2-5-14(18)15(12)17/h2,4-5,13,19H,3,6-11H2,1H3. The fourth-order valence-electron chi connectivity index (χ4n) is 3.32. The van der Waals surface area contributed by atoms with Gasteiger partial charge in [0.15, 0.2) is 0 Å². The molecule has 1 saturated heterocycles. The Morgan fingerprint density at radius 2 is 2.25 bits per heavy atom. The predicted molar refractivity (Wildman–Crippen MR) is 80.4 cm³/mol. The largest absolute Gasteiger partial charge is 0.310 e. The SMILES string of the molecule is CC1(C2CC2)CN(Cc2cccc(F)c2Cl)CCCN1. The lowest BCUT2D eigenvalue weighted by Gasteiger charge is -2.34. The smallest absolute Gasteiger partial charge is 0.142 e. The number of nitrogens with zero attached hydrogens (tertiary/aromatic N) is 1. The van der Waals surface area contributed by atoms with Gasteiger partial charge in [0.1, 0.15) is 5.82 Å². The maximum Gasteiger partial charge on any atom is 0.142 e. The minimum absolute atomic E-state index is 0.205. The Kier molecular flexibility index (Phi) is 4.02. The summed E-state index contributed by atoms with van der Waals surface area (Å²) < 4.78 is 13.5. The van der Waals surface area contributed by atoms with Gasteiger partial charge < -0.3 is 5.32 Å². The van der Waals surface area contributed by atoms with Crippen LogP contribution in [0.4, 0.5) is 4.39 Å². The highest BCUT2D eigenvalue weighted by Gasteiger charge is 2.42. The van der Waals surface area contributed by atoms with E-state index in [0.29, 0.717) is 0 Å². The molecule has 0 aromatic heterocycles. The molecule has 4 heteroatoms. The highest BCUT2D eigenvalue weighted by atomic mass is 35.5. The number of halogens is 2. The van der Waals surface area contributed by atoms with Gasteiger partial charge in [0, 0.05) is 18.6 Å². The molecule has 1 unspecified atom stereocenters. The molecule has 3 rings (SSSR count). The first-order chi connectivity index (χ1) is 9.58. The minimum Gasteiger partial charge on any atom is -0.310 e. The summed E-state index contributed by atoms with van der Waals surface area (Å²) in [5, 5.41) is 3.99. The van der Waals surface area contributed by atoms with Crippen molar-refractivity contribution in [2.24, 2.45) is 5.92 Å². The average molecular weight is 297 g/mol. The van der Waals surface area contributed by atoms with Crippen LogP contribution in [0.5, 0.6) is 0 Å². The van der Waals surface area contributed by atoms with Crippen molar-refractivity contribution in [3.8, 4) is 0 Å². The summed E-state index contributed by atoms with van der Waals surface area (Å²) >= 11 is 6.08. The van der Waals surface area contributed by atoms with E-state index in [2.05, 4.69) is 17.1 Å². The maximum atomic E-state index is 13.5. The van der Waals surface area contributed by atoms with Crippen molar-refractivity contribution >= 4 is 11.6 Å². The van der Waals surface area contributed by atoms with Crippen molar-refractivity contribution in [1.82, 2.24) is 10.2 Å². The highest BCUT2D eigenvalue weighted by Crippen LogP contribution is 2.40. The third kappa shape index (κ3) is 3.00. The van der Waals surface area contributed by atoms with Crippen molar-refractivity contribution in [3.63, 3.8) is 0 Å². The Balaban J connectivity index is 1.74. The summed E-state index contributed by atoms with van der Waals surface area (Å²) in [7, 11) is 0. The van der Waals surface area contributed by atoms with Crippen LogP contribution in [-0.4, -0.2) is 30.1 Å². The van der Waals surface area contributed by atoms with Crippen LogP contribution in [0.1, 0.15) is 31.7 Å². The number of hydrogen-bond donors (Lipinski definition) is 1. The molecule has 2 nitrogen and oxygen atoms in total. The Morgan fingerprint density at radius 3 is 3.00 bits per heavy atom. The fraction of sp³-hybridized carbons (Fsp3) is 0.625. The second-order valence-electron chi connectivity index (χ2n) is 6.40. The van der Waals surface area contributed by atoms with Crippen LogP contribution >= 0.6 is 11.6 Å². The molecule has 2 aliphatic rings. The lowest BCUT2D eigenvalue weighted by Crippen LogP contribution is -2.50. The first-order valence-electron chi connectivity index (χ1n) is 7.49. The molecule has 1 aliphatic carbocycles. The molecule has 1 atom stereocenters. The zero-order chi connectivity index (χ0) is 14.2. The van der Waals surface area contributed by atoms with Gasteiger partial charge in [0.25, 0.3) is 0 Å². The van der Waals surface area contributed by atoms with Crippen LogP contribution in [0, 0.1) is 11.7 Å². The van der Waals surface area contributed by atoms with Gasteiger partial charge in [-0.15, -0.1) is 0 Å². The van der Waals surface area contributed by atoms with Gasteiger partial charge in [0.2, 0.25) is 0 Å². The van der Waals surface area contributed by atoms with E-state index in [0.717, 1.165) is 44.1 Å². The monoisotopic (exact) mass is 296 g/mol. The van der Waals surface area contributed by atoms with Gasteiger partial charge in [0.05, 0.1) is 5.02 Å². The summed E-state index contributed by atoms with van der Waals surface area (Å²) in [6.07, 6.45) is 3.80. The summed E-state index contributed by atoms with van der Waals surface area (Å²) in [5.74, 6) is 0.480. The average Bonchev–Trinajstić information content (AvgIpc) is 3.23. The molecule has 1 saturated carbocycles. The Labute approximate surface area is 125 Å². The Bertz CT molecular complexity index is 489. The number of nitrogens with one attached hydrogen (secondary N) is 1. The van der Waals surface area contributed by atoms with Crippen LogP contribution in [-0.2, 0) is 6.54 Å². The first-order valence-corrected chi connectivity index (χ1v) is 7.86. The molecule has 0 bridgehead atoms. The van der Waals surface area contributed by atoms with Crippen LogP contribution in [0.15, 0.2) is 18.2 Å². The van der Waals surface area contributed by atoms with E-state index in [-0.39, 0.29) is 16.4 Å². The van der Waals surface area contributed by atoms with Crippen LogP contribution in [0.25, 0.3) is 0 Å². The van der Waals surface area contributed by atoms with Gasteiger partial charge in [-0.3, -0.25) is 4.90 Å². The topological polar surface area (TPSA) is 15.3 Å². The van der Waals surface area contributed by atoms with E-state index in [1.54, 1.807) is 6.07 Å². The van der Waals surface area contributed by atoms with E-state index in [4.69, 9.17) is 11.6 Å². The quantitative estimate of drug-likeness (QED) is 0.919. The molecule has 1 heterocycles. The van der Waals surface area contributed by atoms with E-state index >= 15 is 0 Å². The molecule has 1 aromatic carbocycles. The van der Waals surface area contributed by atoms with Crippen LogP contribution < -0.4 is 5.32 Å². The predicted octanol–water partition coefficient (Wildman–Crippen LogP) is 3.44. The molecular formula is C16H22ClFN2. The lowest BCUT2D eigenvalue weighted by atomic mass is 9.95. The second-order valence-corrected chi connectivity index (χ2v) is 6.77. The summed E-state index contributed by atoms with van der Waals surface area (Å²) in [5.41, 5.74) is 1.10. The fourth-order valence-corrected chi connectivity index (χ4v) is 3.50. The minimum atomic E-state index is -0.318. The third-order valence-electron chi connectivity index (χ3n) is 4.64. The third-order valence-corrected chi connectivity index (χ3v) is 5.06. The summed E-state index contributed by atoms with van der Waals surface area (Å²) in [4.78, 5) is 2.42. The van der Waals surface area contributed by atoms with E-state index in [1.807, 2.05) is 6.07 Å². The molecule has 0 radical (unpaired) electrons. The first kappa shape index (κ1) is 14.3. The molecule has 20 heavy (non-hydrogen) atoms. The van der Waals surface area contributed by atoms with E-state index < -0.39 is 0 Å². The van der Waals surface area contributed by atoms with Gasteiger partial charge in [-0.2, -0.15) is 0 Å². The van der Waals surface area contributed by atoms with Crippen LogP contribution in [0.3, 0.4) is 0 Å². The number of rotatable bonds is 3. The summed E-state index contributed by atoms with van der Waals surface area (Å²) in [6, 6.07) is 5.09. The molecule has 1 aliphatic heterocycles. The molecule has 110 valence electrons. The molecule has 1 aromatic rings. The Hall–Kier alpha value is -0.640. The maximum absolute atomic E-state index is 13.5. The molecule has 1 N–H and O–H groups in total. The van der Waals surface area contributed by atoms with Crippen LogP contribution in [0.2, 0.25) is 5.02 Å². The van der Waals surface area contributed by atoms with Crippen molar-refractivity contribution in [2.45, 2.75) is 38.3 Å². The lowest BCUT2D eigenvalue weighted by molar-refractivity contribution is 0.195. The number of hydrogen-bond acceptors (Lipinski definition) is 2. The zero-order valence-corrected chi connectivity index (χ0v) is 12.7. The number of benzene rings is 1. The molecule has 0 amide bonds. The molecule has 0 spiro atoms. The van der Waals surface area contributed by atoms with Crippen molar-refractivity contribution in [3.05, 3.63) is 34.6 Å². The zero-order valence-electron chi connectivity index (χ0n) is 12.0. The molecular weight excluding hydrogens is 275 g/mol. The van der Waals surface area contributed by atoms with Gasteiger partial charge >= 0.3 is 0 Å². The Morgan fingerprint density at radius 1 is 1.45 bits per heavy atom. The van der Waals surface area contributed by atoms with Crippen molar-refractivity contribution in [2.75, 3.05) is 19.6 Å². The van der Waals surface area contributed by atoms with Gasteiger partial charge in [-0.05, 0) is 56.8 Å².